The third kappa shape index (κ3) is 6.63. The number of carbonyl (C=O) groups is 2. The maximum Gasteiger partial charge on any atom is 0.435 e. The Kier molecular flexibility index (Phi) is 8.59. The Labute approximate surface area is 231 Å². The second kappa shape index (κ2) is 11.8. The first-order valence-electron chi connectivity index (χ1n) is 12.6. The van der Waals surface area contributed by atoms with Gasteiger partial charge in [-0.3, -0.25) is 14.6 Å². The van der Waals surface area contributed by atoms with Crippen LogP contribution in [0.3, 0.4) is 0 Å². The summed E-state index contributed by atoms with van der Waals surface area (Å²) in [4.78, 5) is 29.2. The fraction of sp³-hybridized carbons (Fsp3) is 0.407. The monoisotopic (exact) mass is 583 g/mol. The number of hydrogen-bond acceptors (Lipinski definition) is 6. The van der Waals surface area contributed by atoms with Gasteiger partial charge in [0.1, 0.15) is 0 Å². The third-order valence-corrected chi connectivity index (χ3v) is 7.11. The van der Waals surface area contributed by atoms with E-state index in [-0.39, 0.29) is 35.7 Å². The Morgan fingerprint density at radius 2 is 1.56 bits per heavy atom. The topological polar surface area (TPSA) is 89.4 Å². The molecule has 2 heterocycles. The first-order chi connectivity index (χ1) is 19.3. The van der Waals surface area contributed by atoms with Crippen LogP contribution in [0.4, 0.5) is 37.7 Å². The van der Waals surface area contributed by atoms with Crippen LogP contribution in [0.2, 0.25) is 0 Å². The number of alkyl halides is 6. The zero-order chi connectivity index (χ0) is 29.9. The second-order valence-electron chi connectivity index (χ2n) is 9.73. The number of pyridine rings is 1. The highest BCUT2D eigenvalue weighted by Gasteiger charge is 2.46. The highest BCUT2D eigenvalue weighted by atomic mass is 19.4. The average molecular weight is 584 g/mol. The van der Waals surface area contributed by atoms with Gasteiger partial charge in [0, 0.05) is 31.0 Å². The number of ether oxygens (including phenoxy) is 1. The molecule has 0 radical (unpaired) electrons. The zero-order valence-electron chi connectivity index (χ0n) is 22.0. The molecule has 0 unspecified atom stereocenters. The molecule has 1 fully saturated rings. The molecule has 0 aliphatic heterocycles. The van der Waals surface area contributed by atoms with E-state index in [2.05, 4.69) is 15.4 Å². The van der Waals surface area contributed by atoms with Crippen molar-refractivity contribution in [3.05, 3.63) is 66.2 Å². The molecule has 0 bridgehead atoms. The molecule has 1 atom stereocenters. The molecule has 1 aliphatic rings. The summed E-state index contributed by atoms with van der Waals surface area (Å²) < 4.78 is 89.7. The van der Waals surface area contributed by atoms with Crippen LogP contribution >= 0.6 is 0 Å². The lowest BCUT2D eigenvalue weighted by molar-refractivity contribution is -0.191. The van der Waals surface area contributed by atoms with Crippen LogP contribution in [0.25, 0.3) is 5.69 Å². The van der Waals surface area contributed by atoms with Crippen LogP contribution in [0, 0.1) is 11.8 Å². The first kappa shape index (κ1) is 29.9. The largest absolute Gasteiger partial charge is 0.469 e. The molecule has 2 aromatic heterocycles. The molecular formula is C27H27F6N5O3. The Morgan fingerprint density at radius 1 is 0.976 bits per heavy atom. The van der Waals surface area contributed by atoms with E-state index in [1.807, 2.05) is 0 Å². The third-order valence-electron chi connectivity index (χ3n) is 7.11. The Morgan fingerprint density at radius 3 is 2.10 bits per heavy atom. The minimum atomic E-state index is -4.82. The highest BCUT2D eigenvalue weighted by molar-refractivity contribution is 5.80. The number of aromatic nitrogens is 3. The molecular weight excluding hydrogens is 556 g/mol. The minimum Gasteiger partial charge on any atom is -0.469 e. The molecule has 1 N–H and O–H groups in total. The fourth-order valence-corrected chi connectivity index (χ4v) is 5.09. The van der Waals surface area contributed by atoms with Gasteiger partial charge in [0.25, 0.3) is 0 Å². The number of esters is 1. The van der Waals surface area contributed by atoms with E-state index in [0.717, 1.165) is 25.4 Å². The Hall–Kier alpha value is -4.10. The van der Waals surface area contributed by atoms with Gasteiger partial charge >= 0.3 is 18.3 Å². The van der Waals surface area contributed by atoms with Crippen molar-refractivity contribution >= 4 is 23.3 Å². The van der Waals surface area contributed by atoms with Crippen molar-refractivity contribution < 1.29 is 40.7 Å². The Balaban J connectivity index is 1.53. The number of anilines is 2. The van der Waals surface area contributed by atoms with Crippen molar-refractivity contribution in [3.8, 4) is 5.69 Å². The highest BCUT2D eigenvalue weighted by Crippen LogP contribution is 2.41. The van der Waals surface area contributed by atoms with E-state index in [1.165, 1.54) is 43.8 Å². The predicted octanol–water partition coefficient (Wildman–Crippen LogP) is 6.07. The van der Waals surface area contributed by atoms with Crippen LogP contribution in [0.15, 0.2) is 55.0 Å². The van der Waals surface area contributed by atoms with Gasteiger partial charge in [0.05, 0.1) is 30.6 Å². The lowest BCUT2D eigenvalue weighted by Gasteiger charge is -2.35. The summed E-state index contributed by atoms with van der Waals surface area (Å²) in [6.07, 6.45) is -4.84. The van der Waals surface area contributed by atoms with E-state index in [1.54, 1.807) is 0 Å². The number of nitrogens with zero attached hydrogens (tertiary/aromatic N) is 4. The molecule has 41 heavy (non-hydrogen) atoms. The maximum atomic E-state index is 14.2. The van der Waals surface area contributed by atoms with Crippen LogP contribution in [-0.2, 0) is 20.5 Å². The van der Waals surface area contributed by atoms with Crippen molar-refractivity contribution in [2.24, 2.45) is 11.8 Å². The SMILES string of the molecule is COC(=O)C1CCC(C(=O)N(C)[C@@H](c2ccc(Nc3cnn(-c4ccncc4)c3C(F)(F)F)cc2)C(F)(F)F)CC1. The summed E-state index contributed by atoms with van der Waals surface area (Å²) in [5.41, 5.74) is -1.55. The van der Waals surface area contributed by atoms with Gasteiger partial charge in [-0.2, -0.15) is 31.4 Å². The summed E-state index contributed by atoms with van der Waals surface area (Å²) in [7, 11) is 2.33. The van der Waals surface area contributed by atoms with Crippen molar-refractivity contribution in [1.29, 1.82) is 0 Å². The van der Waals surface area contributed by atoms with Gasteiger partial charge in [-0.15, -0.1) is 0 Å². The number of carbonyl (C=O) groups excluding carboxylic acids is 2. The number of benzene rings is 1. The predicted molar refractivity (Wildman–Crippen MR) is 135 cm³/mol. The van der Waals surface area contributed by atoms with E-state index in [4.69, 9.17) is 4.74 Å². The van der Waals surface area contributed by atoms with Crippen molar-refractivity contribution in [2.75, 3.05) is 19.5 Å². The summed E-state index contributed by atoms with van der Waals surface area (Å²) in [5, 5.41) is 6.40. The number of methoxy groups -OCH3 is 1. The number of nitrogens with one attached hydrogen (secondary N) is 1. The normalized spacial score (nSPS) is 18.4. The van der Waals surface area contributed by atoms with Gasteiger partial charge in [-0.05, 0) is 55.5 Å². The van der Waals surface area contributed by atoms with Gasteiger partial charge in [-0.1, -0.05) is 12.1 Å². The lowest BCUT2D eigenvalue weighted by Crippen LogP contribution is -2.43. The molecule has 220 valence electrons. The van der Waals surface area contributed by atoms with Gasteiger partial charge in [0.15, 0.2) is 11.7 Å². The van der Waals surface area contributed by atoms with Gasteiger partial charge in [0.2, 0.25) is 5.91 Å². The molecule has 8 nitrogen and oxygen atoms in total. The smallest absolute Gasteiger partial charge is 0.435 e. The molecule has 0 saturated heterocycles. The summed E-state index contributed by atoms with van der Waals surface area (Å²) in [6.45, 7) is 0. The van der Waals surface area contributed by atoms with Crippen LogP contribution in [0.5, 0.6) is 0 Å². The Bertz CT molecular complexity index is 1350. The summed E-state index contributed by atoms with van der Waals surface area (Å²) in [6, 6.07) is 5.05. The number of amides is 1. The maximum absolute atomic E-state index is 14.2. The van der Waals surface area contributed by atoms with Crippen molar-refractivity contribution in [2.45, 2.75) is 44.1 Å². The van der Waals surface area contributed by atoms with Gasteiger partial charge in [-0.25, -0.2) is 4.68 Å². The quantitative estimate of drug-likeness (QED) is 0.268. The summed E-state index contributed by atoms with van der Waals surface area (Å²) >= 11 is 0. The van der Waals surface area contributed by atoms with Gasteiger partial charge < -0.3 is 15.0 Å². The molecule has 0 spiro atoms. The fourth-order valence-electron chi connectivity index (χ4n) is 5.09. The van der Waals surface area contributed by atoms with E-state index in [0.29, 0.717) is 22.4 Å². The molecule has 1 amide bonds. The number of hydrogen-bond donors (Lipinski definition) is 1. The standard InChI is InChI=1S/C27H27F6N5O3/c1-37(24(39)17-3-5-18(6-4-17)25(40)41-2)22(26(28,29)30)16-7-9-19(10-8-16)36-21-15-35-38(23(21)27(31,32)33)20-11-13-34-14-12-20/h7-15,17-18,22,36H,3-6H2,1-2H3/t17?,18?,22-/m0/s1. The first-order valence-corrected chi connectivity index (χ1v) is 12.6. The number of halogens is 6. The van der Waals surface area contributed by atoms with E-state index < -0.39 is 47.6 Å². The molecule has 14 heteroatoms. The summed E-state index contributed by atoms with van der Waals surface area (Å²) in [5.74, 6) is -2.17. The van der Waals surface area contributed by atoms with Crippen LogP contribution < -0.4 is 5.32 Å². The molecule has 4 rings (SSSR count). The van der Waals surface area contributed by atoms with Crippen LogP contribution in [-0.4, -0.2) is 51.9 Å². The minimum absolute atomic E-state index is 0.0876. The second-order valence-corrected chi connectivity index (χ2v) is 9.73. The van der Waals surface area contributed by atoms with E-state index in [9.17, 15) is 35.9 Å². The zero-order valence-corrected chi connectivity index (χ0v) is 22.0. The lowest BCUT2D eigenvalue weighted by atomic mass is 9.81. The van der Waals surface area contributed by atoms with Crippen LogP contribution in [0.1, 0.15) is 43.0 Å². The van der Waals surface area contributed by atoms with Crippen molar-refractivity contribution in [1.82, 2.24) is 19.7 Å². The van der Waals surface area contributed by atoms with Crippen molar-refractivity contribution in [3.63, 3.8) is 0 Å². The number of rotatable bonds is 7. The van der Waals surface area contributed by atoms with E-state index >= 15 is 0 Å². The molecule has 3 aromatic rings. The molecule has 1 saturated carbocycles. The molecule has 1 aliphatic carbocycles. The molecule has 1 aromatic carbocycles. The average Bonchev–Trinajstić information content (AvgIpc) is 3.37.